The molecule has 0 unspecified atom stereocenters. The Morgan fingerprint density at radius 1 is 1.14 bits per heavy atom. The first-order valence-corrected chi connectivity index (χ1v) is 10.7. The molecule has 35 heavy (non-hydrogen) atoms. The molecule has 0 radical (unpaired) electrons. The van der Waals surface area contributed by atoms with Gasteiger partial charge in [-0.05, 0) is 18.4 Å². The summed E-state index contributed by atoms with van der Waals surface area (Å²) in [6.07, 6.45) is -0.112. The Hall–Kier alpha value is -4.33. The zero-order valence-electron chi connectivity index (χ0n) is 18.8. The molecule has 14 heteroatoms. The van der Waals surface area contributed by atoms with Gasteiger partial charge in [0.25, 0.3) is 0 Å². The Morgan fingerprint density at radius 3 is 2.43 bits per heavy atom. The molecule has 10 N–H and O–H groups in total. The first-order valence-electron chi connectivity index (χ1n) is 10.7. The van der Waals surface area contributed by atoms with Crippen molar-refractivity contribution in [2.45, 2.75) is 37.9 Å². The van der Waals surface area contributed by atoms with Gasteiger partial charge in [-0.3, -0.25) is 23.9 Å². The predicted octanol–water partition coefficient (Wildman–Crippen LogP) is -2.10. The number of aromatic nitrogens is 2. The number of nitrogens with one attached hydrogen (secondary N) is 3. The number of hydrogen-bond acceptors (Lipinski definition) is 7. The number of aryl methyl sites for hydroxylation is 1. The van der Waals surface area contributed by atoms with E-state index in [0.717, 1.165) is 4.57 Å². The fraction of sp³-hybridized carbons (Fsp3) is 0.381. The number of aromatic amines is 1. The molecule has 2 aromatic rings. The normalized spacial score (nSPS) is 12.4. The summed E-state index contributed by atoms with van der Waals surface area (Å²) in [4.78, 5) is 54.9. The van der Waals surface area contributed by atoms with Crippen LogP contribution in [0.5, 0.6) is 5.88 Å². The van der Waals surface area contributed by atoms with E-state index in [1.807, 2.05) is 0 Å². The molecule has 1 aromatic heterocycles. The van der Waals surface area contributed by atoms with Crippen molar-refractivity contribution in [2.24, 2.45) is 16.5 Å². The Balaban J connectivity index is 2.07. The highest BCUT2D eigenvalue weighted by atomic mass is 16.4. The summed E-state index contributed by atoms with van der Waals surface area (Å²) >= 11 is 0. The van der Waals surface area contributed by atoms with E-state index in [2.05, 4.69) is 20.6 Å². The lowest BCUT2D eigenvalue weighted by molar-refractivity contribution is -0.140. The van der Waals surface area contributed by atoms with Crippen molar-refractivity contribution in [2.75, 3.05) is 13.2 Å². The fourth-order valence-electron chi connectivity index (χ4n) is 3.26. The number of carbonyl (C=O) groups is 3. The molecule has 1 aromatic carbocycles. The number of aliphatic hydroxyl groups is 1. The number of amides is 2. The van der Waals surface area contributed by atoms with Crippen LogP contribution in [0.1, 0.15) is 30.1 Å². The number of carboxylic acid groups (broad SMARTS) is 1. The van der Waals surface area contributed by atoms with Crippen LogP contribution < -0.4 is 27.8 Å². The van der Waals surface area contributed by atoms with Crippen LogP contribution in [0.2, 0.25) is 0 Å². The van der Waals surface area contributed by atoms with Crippen LogP contribution >= 0.6 is 0 Å². The highest BCUT2D eigenvalue weighted by Gasteiger charge is 2.27. The molecule has 190 valence electrons. The monoisotopic (exact) mass is 491 g/mol. The van der Waals surface area contributed by atoms with Gasteiger partial charge in [0.15, 0.2) is 5.96 Å². The van der Waals surface area contributed by atoms with Crippen LogP contribution in [0, 0.1) is 0 Å². The standard InChI is InChI=1S/C21H29N7O7/c22-20(23)24-8-4-7-13-19(34)28(21(35)27-13)10-16(30)25-14(9-17(31)32)18(33)26-15(11-29)12-5-2-1-3-6-12/h1-3,5-6,14-15,29,34H,4,7-11H2,(H,25,30)(H,26,33)(H,27,35)(H,31,32)(H4,22,23,24)/t14-,15-/m0/s1. The Labute approximate surface area is 199 Å². The summed E-state index contributed by atoms with van der Waals surface area (Å²) in [6, 6.07) is 6.18. The summed E-state index contributed by atoms with van der Waals surface area (Å²) in [5.74, 6) is -3.63. The predicted molar refractivity (Wildman–Crippen MR) is 124 cm³/mol. The number of carbonyl (C=O) groups excluding carboxylic acids is 2. The second kappa shape index (κ2) is 12.8. The van der Waals surface area contributed by atoms with E-state index in [9.17, 15) is 29.4 Å². The second-order valence-corrected chi connectivity index (χ2v) is 7.60. The van der Waals surface area contributed by atoms with Gasteiger partial charge in [-0.2, -0.15) is 0 Å². The van der Waals surface area contributed by atoms with Gasteiger partial charge in [0.05, 0.1) is 24.8 Å². The number of aliphatic imine (C=N–C) groups is 1. The number of aliphatic carboxylic acids is 1. The molecular formula is C21H29N7O7. The number of benzene rings is 1. The summed E-state index contributed by atoms with van der Waals surface area (Å²) in [5, 5.41) is 33.9. The van der Waals surface area contributed by atoms with E-state index < -0.39 is 61.0 Å². The minimum atomic E-state index is -1.49. The van der Waals surface area contributed by atoms with Gasteiger partial charge in [-0.15, -0.1) is 0 Å². The number of carboxylic acids is 1. The molecule has 2 amide bonds. The lowest BCUT2D eigenvalue weighted by atomic mass is 10.1. The fourth-order valence-corrected chi connectivity index (χ4v) is 3.26. The molecule has 0 spiro atoms. The third-order valence-electron chi connectivity index (χ3n) is 4.94. The van der Waals surface area contributed by atoms with Crippen LogP contribution in [0.15, 0.2) is 40.1 Å². The lowest BCUT2D eigenvalue weighted by Crippen LogP contribution is -2.50. The van der Waals surface area contributed by atoms with Crippen molar-refractivity contribution in [3.05, 3.63) is 52.1 Å². The van der Waals surface area contributed by atoms with Gasteiger partial charge in [0.1, 0.15) is 12.6 Å². The van der Waals surface area contributed by atoms with Crippen LogP contribution in [-0.2, 0) is 27.3 Å². The molecule has 0 aliphatic carbocycles. The van der Waals surface area contributed by atoms with E-state index in [1.54, 1.807) is 30.3 Å². The molecule has 2 atom stereocenters. The van der Waals surface area contributed by atoms with Gasteiger partial charge < -0.3 is 42.4 Å². The van der Waals surface area contributed by atoms with E-state index in [-0.39, 0.29) is 24.6 Å². The van der Waals surface area contributed by atoms with Gasteiger partial charge >= 0.3 is 11.7 Å². The van der Waals surface area contributed by atoms with Gasteiger partial charge in [0.2, 0.25) is 17.7 Å². The summed E-state index contributed by atoms with van der Waals surface area (Å²) in [7, 11) is 0. The van der Waals surface area contributed by atoms with Crippen molar-refractivity contribution >= 4 is 23.7 Å². The van der Waals surface area contributed by atoms with Gasteiger partial charge in [0, 0.05) is 6.54 Å². The van der Waals surface area contributed by atoms with Crippen LogP contribution in [0.4, 0.5) is 0 Å². The number of aliphatic hydroxyl groups excluding tert-OH is 1. The number of guanidine groups is 1. The maximum absolute atomic E-state index is 12.7. The first-order chi connectivity index (χ1) is 16.6. The number of aromatic hydroxyl groups is 1. The highest BCUT2D eigenvalue weighted by Crippen LogP contribution is 2.15. The van der Waals surface area contributed by atoms with Crippen molar-refractivity contribution in [1.29, 1.82) is 0 Å². The molecule has 1 heterocycles. The first kappa shape index (κ1) is 26.9. The largest absolute Gasteiger partial charge is 0.493 e. The topological polar surface area (TPSA) is 238 Å². The highest BCUT2D eigenvalue weighted by molar-refractivity contribution is 5.90. The summed E-state index contributed by atoms with van der Waals surface area (Å²) in [6.45, 7) is -0.859. The maximum atomic E-state index is 12.7. The third-order valence-corrected chi connectivity index (χ3v) is 4.94. The zero-order valence-corrected chi connectivity index (χ0v) is 18.8. The number of hydrogen-bond donors (Lipinski definition) is 8. The number of imidazole rings is 1. The van der Waals surface area contributed by atoms with Crippen molar-refractivity contribution < 1.29 is 29.7 Å². The average molecular weight is 492 g/mol. The molecule has 2 rings (SSSR count). The summed E-state index contributed by atoms with van der Waals surface area (Å²) in [5.41, 5.74) is 10.5. The Morgan fingerprint density at radius 2 is 1.83 bits per heavy atom. The van der Waals surface area contributed by atoms with E-state index >= 15 is 0 Å². The minimum absolute atomic E-state index is 0.0917. The van der Waals surface area contributed by atoms with Crippen LogP contribution in [-0.4, -0.2) is 67.8 Å². The van der Waals surface area contributed by atoms with E-state index in [1.165, 1.54) is 0 Å². The molecule has 0 aliphatic rings. The smallest absolute Gasteiger partial charge is 0.329 e. The number of rotatable bonds is 13. The van der Waals surface area contributed by atoms with E-state index in [0.29, 0.717) is 12.0 Å². The Bertz CT molecular complexity index is 1110. The minimum Gasteiger partial charge on any atom is -0.493 e. The summed E-state index contributed by atoms with van der Waals surface area (Å²) < 4.78 is 0.751. The number of nitrogens with zero attached hydrogens (tertiary/aromatic N) is 2. The number of nitrogens with two attached hydrogens (primary N) is 2. The maximum Gasteiger partial charge on any atom is 0.329 e. The van der Waals surface area contributed by atoms with Crippen LogP contribution in [0.25, 0.3) is 0 Å². The third kappa shape index (κ3) is 8.19. The van der Waals surface area contributed by atoms with E-state index in [4.69, 9.17) is 16.6 Å². The number of H-pyrrole nitrogens is 1. The second-order valence-electron chi connectivity index (χ2n) is 7.60. The molecule has 0 bridgehead atoms. The zero-order chi connectivity index (χ0) is 26.0. The quantitative estimate of drug-likeness (QED) is 0.0868. The SMILES string of the molecule is NC(N)=NCCCc1[nH]c(=O)n(CC(=O)N[C@@H](CC(=O)O)C(=O)N[C@@H](CO)c2ccccc2)c1O. The molecule has 14 nitrogen and oxygen atoms in total. The molecular weight excluding hydrogens is 462 g/mol. The lowest BCUT2D eigenvalue weighted by Gasteiger charge is -2.22. The molecule has 0 fully saturated rings. The van der Waals surface area contributed by atoms with Gasteiger partial charge in [-0.25, -0.2) is 4.79 Å². The molecule has 0 aliphatic heterocycles. The average Bonchev–Trinajstić information content (AvgIpc) is 3.07. The van der Waals surface area contributed by atoms with Crippen molar-refractivity contribution in [3.63, 3.8) is 0 Å². The molecule has 0 saturated heterocycles. The Kier molecular flexibility index (Phi) is 9.84. The van der Waals surface area contributed by atoms with Crippen LogP contribution in [0.3, 0.4) is 0 Å². The van der Waals surface area contributed by atoms with Gasteiger partial charge in [-0.1, -0.05) is 30.3 Å². The van der Waals surface area contributed by atoms with Crippen molar-refractivity contribution in [1.82, 2.24) is 20.2 Å². The molecule has 0 saturated carbocycles. The van der Waals surface area contributed by atoms with Crippen molar-refractivity contribution in [3.8, 4) is 5.88 Å².